The van der Waals surface area contributed by atoms with Gasteiger partial charge in [0.15, 0.2) is 5.82 Å². The van der Waals surface area contributed by atoms with Gasteiger partial charge in [0.05, 0.1) is 11.0 Å². The van der Waals surface area contributed by atoms with Crippen LogP contribution in [0.25, 0.3) is 33.3 Å². The highest BCUT2D eigenvalue weighted by Gasteiger charge is 2.20. The van der Waals surface area contributed by atoms with Crippen molar-refractivity contribution in [3.05, 3.63) is 78.6 Å². The second-order valence-electron chi connectivity index (χ2n) is 6.48. The van der Waals surface area contributed by atoms with Crippen LogP contribution in [-0.4, -0.2) is 23.2 Å². The Hall–Kier alpha value is -2.95. The zero-order valence-electron chi connectivity index (χ0n) is 16.2. The second kappa shape index (κ2) is 8.38. The molecule has 0 spiro atoms. The smallest absolute Gasteiger partial charge is 0.217 e. The predicted molar refractivity (Wildman–Crippen MR) is 113 cm³/mol. The van der Waals surface area contributed by atoms with Crippen LogP contribution in [-0.2, 0) is 9.47 Å². The number of imidazole rings is 1. The van der Waals surface area contributed by atoms with Gasteiger partial charge in [-0.15, -0.1) is 0 Å². The molecular weight excluding hydrogens is 348 g/mol. The minimum Gasteiger partial charge on any atom is -0.346 e. The molecule has 3 aromatic carbocycles. The van der Waals surface area contributed by atoms with Crippen LogP contribution >= 0.6 is 0 Å². The Labute approximate surface area is 165 Å². The summed E-state index contributed by atoms with van der Waals surface area (Å²) in [5.41, 5.74) is 6.39. The lowest BCUT2D eigenvalue weighted by atomic mass is 9.98. The first kappa shape index (κ1) is 18.4. The lowest BCUT2D eigenvalue weighted by Crippen LogP contribution is -2.10. The molecule has 4 heteroatoms. The van der Waals surface area contributed by atoms with E-state index in [1.54, 1.807) is 0 Å². The first-order chi connectivity index (χ1) is 13.8. The van der Waals surface area contributed by atoms with E-state index in [4.69, 9.17) is 14.5 Å². The predicted octanol–water partition coefficient (Wildman–Crippen LogP) is 5.97. The Balaban J connectivity index is 1.93. The topological polar surface area (TPSA) is 47.1 Å². The molecule has 1 heterocycles. The molecular formula is C24H24N2O2. The van der Waals surface area contributed by atoms with E-state index in [1.807, 2.05) is 50.2 Å². The van der Waals surface area contributed by atoms with Gasteiger partial charge in [-0.2, -0.15) is 0 Å². The average Bonchev–Trinajstić information content (AvgIpc) is 3.19. The molecule has 0 atom stereocenters. The van der Waals surface area contributed by atoms with Gasteiger partial charge in [0, 0.05) is 24.3 Å². The molecule has 0 fully saturated rings. The summed E-state index contributed by atoms with van der Waals surface area (Å²) < 4.78 is 11.5. The lowest BCUT2D eigenvalue weighted by Gasteiger charge is -2.13. The van der Waals surface area contributed by atoms with Crippen molar-refractivity contribution < 1.29 is 9.47 Å². The molecule has 1 N–H and O–H groups in total. The number of benzene rings is 3. The third-order valence-corrected chi connectivity index (χ3v) is 4.69. The lowest BCUT2D eigenvalue weighted by molar-refractivity contribution is -0.144. The number of aromatic amines is 1. The molecule has 0 saturated carbocycles. The Morgan fingerprint density at radius 1 is 0.750 bits per heavy atom. The van der Waals surface area contributed by atoms with Crippen molar-refractivity contribution in [1.29, 1.82) is 0 Å². The maximum atomic E-state index is 5.77. The van der Waals surface area contributed by atoms with E-state index >= 15 is 0 Å². The number of hydrogen-bond acceptors (Lipinski definition) is 3. The number of H-pyrrole nitrogens is 1. The average molecular weight is 372 g/mol. The highest BCUT2D eigenvalue weighted by Crippen LogP contribution is 2.35. The summed E-state index contributed by atoms with van der Waals surface area (Å²) in [6.07, 6.45) is -0.505. The summed E-state index contributed by atoms with van der Waals surface area (Å²) in [5.74, 6) is 0.694. The van der Waals surface area contributed by atoms with E-state index in [-0.39, 0.29) is 0 Å². The fraction of sp³-hybridized carbons (Fsp3) is 0.208. The van der Waals surface area contributed by atoms with E-state index in [0.717, 1.165) is 33.3 Å². The zero-order chi connectivity index (χ0) is 19.3. The van der Waals surface area contributed by atoms with Crippen molar-refractivity contribution in [2.24, 2.45) is 0 Å². The molecule has 0 radical (unpaired) electrons. The molecule has 0 saturated heterocycles. The van der Waals surface area contributed by atoms with Crippen molar-refractivity contribution in [3.63, 3.8) is 0 Å². The molecule has 0 amide bonds. The molecule has 28 heavy (non-hydrogen) atoms. The van der Waals surface area contributed by atoms with Crippen LogP contribution < -0.4 is 0 Å². The normalized spacial score (nSPS) is 11.4. The van der Waals surface area contributed by atoms with Crippen molar-refractivity contribution in [2.75, 3.05) is 13.2 Å². The Morgan fingerprint density at radius 3 is 1.86 bits per heavy atom. The van der Waals surface area contributed by atoms with Crippen LogP contribution in [0.4, 0.5) is 0 Å². The van der Waals surface area contributed by atoms with E-state index in [0.29, 0.717) is 19.0 Å². The van der Waals surface area contributed by atoms with Gasteiger partial charge in [0.1, 0.15) is 0 Å². The van der Waals surface area contributed by atoms with E-state index in [2.05, 4.69) is 41.4 Å². The molecule has 4 aromatic rings. The molecule has 0 aliphatic rings. The SMILES string of the molecule is CCOC(OCC)c1nc2c(-c3ccccc3)ccc(-c3ccccc3)c2[nH]1. The fourth-order valence-corrected chi connectivity index (χ4v) is 3.44. The van der Waals surface area contributed by atoms with Gasteiger partial charge in [0.25, 0.3) is 0 Å². The third kappa shape index (κ3) is 3.57. The molecule has 0 unspecified atom stereocenters. The van der Waals surface area contributed by atoms with Gasteiger partial charge < -0.3 is 14.5 Å². The van der Waals surface area contributed by atoms with Crippen LogP contribution in [0.3, 0.4) is 0 Å². The Kier molecular flexibility index (Phi) is 5.51. The van der Waals surface area contributed by atoms with Crippen LogP contribution in [0.5, 0.6) is 0 Å². The standard InChI is InChI=1S/C24H24N2O2/c1-3-27-24(28-4-2)23-25-21-19(17-11-7-5-8-12-17)15-16-20(22(21)26-23)18-13-9-6-10-14-18/h5-16,24H,3-4H2,1-2H3,(H,25,26). The maximum Gasteiger partial charge on any atom is 0.217 e. The number of hydrogen-bond donors (Lipinski definition) is 1. The Morgan fingerprint density at radius 2 is 1.29 bits per heavy atom. The van der Waals surface area contributed by atoms with Crippen molar-refractivity contribution >= 4 is 11.0 Å². The summed E-state index contributed by atoms with van der Waals surface area (Å²) in [5, 5.41) is 0. The Bertz CT molecular complexity index is 960. The molecule has 4 rings (SSSR count). The first-order valence-electron chi connectivity index (χ1n) is 9.68. The number of nitrogens with zero attached hydrogens (tertiary/aromatic N) is 1. The highest BCUT2D eigenvalue weighted by atomic mass is 16.7. The van der Waals surface area contributed by atoms with E-state index in [1.165, 1.54) is 0 Å². The van der Waals surface area contributed by atoms with Gasteiger partial charge in [-0.3, -0.25) is 0 Å². The van der Waals surface area contributed by atoms with Crippen molar-refractivity contribution in [2.45, 2.75) is 20.1 Å². The first-order valence-corrected chi connectivity index (χ1v) is 9.68. The number of fused-ring (bicyclic) bond motifs is 1. The van der Waals surface area contributed by atoms with Crippen LogP contribution in [0.2, 0.25) is 0 Å². The summed E-state index contributed by atoms with van der Waals surface area (Å²) in [7, 11) is 0. The van der Waals surface area contributed by atoms with Gasteiger partial charge in [-0.25, -0.2) is 4.98 Å². The minimum absolute atomic E-state index is 0.505. The maximum absolute atomic E-state index is 5.77. The quantitative estimate of drug-likeness (QED) is 0.407. The highest BCUT2D eigenvalue weighted by molar-refractivity contribution is 6.00. The summed E-state index contributed by atoms with van der Waals surface area (Å²) in [6, 6.07) is 25.0. The number of ether oxygens (including phenoxy) is 2. The molecule has 142 valence electrons. The second-order valence-corrected chi connectivity index (χ2v) is 6.48. The number of nitrogens with one attached hydrogen (secondary N) is 1. The fourth-order valence-electron chi connectivity index (χ4n) is 3.44. The van der Waals surface area contributed by atoms with Gasteiger partial charge in [-0.1, -0.05) is 72.8 Å². The van der Waals surface area contributed by atoms with Gasteiger partial charge >= 0.3 is 0 Å². The van der Waals surface area contributed by atoms with Gasteiger partial charge in [-0.05, 0) is 25.0 Å². The number of aromatic nitrogens is 2. The summed E-state index contributed by atoms with van der Waals surface area (Å²) >= 11 is 0. The minimum atomic E-state index is -0.505. The van der Waals surface area contributed by atoms with Crippen molar-refractivity contribution in [1.82, 2.24) is 9.97 Å². The summed E-state index contributed by atoms with van der Waals surface area (Å²) in [4.78, 5) is 8.39. The third-order valence-electron chi connectivity index (χ3n) is 4.69. The van der Waals surface area contributed by atoms with Crippen molar-refractivity contribution in [3.8, 4) is 22.3 Å². The zero-order valence-corrected chi connectivity index (χ0v) is 16.2. The summed E-state index contributed by atoms with van der Waals surface area (Å²) in [6.45, 7) is 5.02. The molecule has 0 aliphatic carbocycles. The van der Waals surface area contributed by atoms with Crippen LogP contribution in [0.15, 0.2) is 72.8 Å². The largest absolute Gasteiger partial charge is 0.346 e. The monoisotopic (exact) mass is 372 g/mol. The van der Waals surface area contributed by atoms with Gasteiger partial charge in [0.2, 0.25) is 6.29 Å². The molecule has 0 bridgehead atoms. The van der Waals surface area contributed by atoms with Crippen LogP contribution in [0, 0.1) is 0 Å². The van der Waals surface area contributed by atoms with E-state index < -0.39 is 6.29 Å². The van der Waals surface area contributed by atoms with E-state index in [9.17, 15) is 0 Å². The molecule has 4 nitrogen and oxygen atoms in total. The molecule has 0 aliphatic heterocycles. The number of rotatable bonds is 7. The van der Waals surface area contributed by atoms with Crippen LogP contribution in [0.1, 0.15) is 26.0 Å². The molecule has 1 aromatic heterocycles.